The molecule has 1 heterocycles. The van der Waals surface area contributed by atoms with Gasteiger partial charge >= 0.3 is 0 Å². The monoisotopic (exact) mass is 652 g/mol. The summed E-state index contributed by atoms with van der Waals surface area (Å²) < 4.78 is 2.66. The van der Waals surface area contributed by atoms with Crippen LogP contribution in [0.2, 0.25) is 0 Å². The van der Waals surface area contributed by atoms with Crippen molar-refractivity contribution in [3.8, 4) is 44.5 Å². The highest BCUT2D eigenvalue weighted by atomic mass is 32.1. The molecule has 0 saturated heterocycles. The summed E-state index contributed by atoms with van der Waals surface area (Å²) in [4.78, 5) is 0. The van der Waals surface area contributed by atoms with Crippen molar-refractivity contribution in [1.82, 2.24) is 0 Å². The van der Waals surface area contributed by atoms with Crippen molar-refractivity contribution >= 4 is 31.5 Å². The average molecular weight is 653 g/mol. The lowest BCUT2D eigenvalue weighted by molar-refractivity contribution is 0.769. The van der Waals surface area contributed by atoms with Crippen LogP contribution in [0.4, 0.5) is 0 Å². The molecule has 0 nitrogen and oxygen atoms in total. The molecule has 0 fully saturated rings. The lowest BCUT2D eigenvalue weighted by atomic mass is 9.67. The molecule has 0 unspecified atom stereocenters. The van der Waals surface area contributed by atoms with Crippen LogP contribution in [0.3, 0.4) is 0 Å². The lowest BCUT2D eigenvalue weighted by Crippen LogP contribution is -2.28. The number of fused-ring (bicyclic) bond motifs is 6. The zero-order valence-electron chi connectivity index (χ0n) is 27.4. The Morgan fingerprint density at radius 3 is 1.38 bits per heavy atom. The maximum Gasteiger partial charge on any atom is 0.0713 e. The van der Waals surface area contributed by atoms with Crippen molar-refractivity contribution in [1.29, 1.82) is 0 Å². The normalized spacial score (nSPS) is 13.0. The van der Waals surface area contributed by atoms with Gasteiger partial charge in [0.15, 0.2) is 0 Å². The van der Waals surface area contributed by atoms with E-state index < -0.39 is 5.41 Å². The SMILES string of the molecule is c1ccc(-c2cccc(-c3cccc4c3sc3c(-c5cccc(C6(c7ccccc7)c7ccccc7-c7ccccc76)c5)cccc34)c2)cc1. The molecule has 0 bridgehead atoms. The van der Waals surface area contributed by atoms with Crippen molar-refractivity contribution in [2.75, 3.05) is 0 Å². The minimum absolute atomic E-state index is 0.421. The first-order valence-electron chi connectivity index (χ1n) is 17.3. The summed E-state index contributed by atoms with van der Waals surface area (Å²) in [6, 6.07) is 71.6. The molecule has 0 aliphatic heterocycles. The third kappa shape index (κ3) is 4.30. The Bertz CT molecular complexity index is 2650. The molecule has 0 atom stereocenters. The van der Waals surface area contributed by atoms with E-state index in [9.17, 15) is 0 Å². The molecular formula is C49H32S. The summed E-state index contributed by atoms with van der Waals surface area (Å²) >= 11 is 1.92. The van der Waals surface area contributed by atoms with Crippen LogP contribution in [0.25, 0.3) is 64.7 Å². The smallest absolute Gasteiger partial charge is 0.0713 e. The molecule has 0 spiro atoms. The van der Waals surface area contributed by atoms with Gasteiger partial charge in [0, 0.05) is 20.2 Å². The standard InChI is InChI=1S/C49H32S/c1-3-15-33(16-4-1)34-17-11-18-35(31-34)39-25-13-27-43-44-28-14-26-40(48(44)50-47(39)43)36-19-12-22-38(32-36)49(37-20-5-2-6-21-37)45-29-9-7-23-41(45)42-24-8-10-30-46(42)49/h1-32H. The first-order chi connectivity index (χ1) is 24.8. The maximum absolute atomic E-state index is 2.45. The van der Waals surface area contributed by atoms with E-state index in [0.29, 0.717) is 0 Å². The minimum Gasteiger partial charge on any atom is -0.134 e. The van der Waals surface area contributed by atoms with Gasteiger partial charge in [-0.05, 0) is 78.9 Å². The Balaban J connectivity index is 1.17. The molecule has 50 heavy (non-hydrogen) atoms. The summed E-state index contributed by atoms with van der Waals surface area (Å²) in [5, 5.41) is 2.62. The second-order valence-electron chi connectivity index (χ2n) is 13.2. The fourth-order valence-electron chi connectivity index (χ4n) is 8.40. The predicted molar refractivity (Wildman–Crippen MR) is 213 cm³/mol. The Morgan fingerprint density at radius 1 is 0.300 bits per heavy atom. The molecule has 234 valence electrons. The molecule has 0 radical (unpaired) electrons. The number of hydrogen-bond acceptors (Lipinski definition) is 1. The Hall–Kier alpha value is -6.02. The fourth-order valence-corrected chi connectivity index (χ4v) is 9.78. The van der Waals surface area contributed by atoms with E-state index in [2.05, 4.69) is 194 Å². The Labute approximate surface area is 296 Å². The molecule has 8 aromatic carbocycles. The molecule has 0 saturated carbocycles. The van der Waals surface area contributed by atoms with Crippen molar-refractivity contribution in [3.63, 3.8) is 0 Å². The van der Waals surface area contributed by atoms with E-state index in [1.54, 1.807) is 0 Å². The maximum atomic E-state index is 2.45. The van der Waals surface area contributed by atoms with Gasteiger partial charge in [-0.1, -0.05) is 182 Å². The van der Waals surface area contributed by atoms with Gasteiger partial charge in [0.1, 0.15) is 0 Å². The van der Waals surface area contributed by atoms with Gasteiger partial charge in [-0.25, -0.2) is 0 Å². The quantitative estimate of drug-likeness (QED) is 0.174. The molecule has 9 aromatic rings. The second kappa shape index (κ2) is 11.6. The van der Waals surface area contributed by atoms with Gasteiger partial charge in [-0.15, -0.1) is 11.3 Å². The summed E-state index contributed by atoms with van der Waals surface area (Å²) in [5.74, 6) is 0. The van der Waals surface area contributed by atoms with Gasteiger partial charge < -0.3 is 0 Å². The summed E-state index contributed by atoms with van der Waals surface area (Å²) in [6.45, 7) is 0. The van der Waals surface area contributed by atoms with E-state index >= 15 is 0 Å². The van der Waals surface area contributed by atoms with Crippen LogP contribution in [0, 0.1) is 0 Å². The predicted octanol–water partition coefficient (Wildman–Crippen LogP) is 13.4. The van der Waals surface area contributed by atoms with E-state index in [4.69, 9.17) is 0 Å². The first kappa shape index (κ1) is 28.9. The molecule has 0 amide bonds. The average Bonchev–Trinajstić information content (AvgIpc) is 3.73. The van der Waals surface area contributed by atoms with Gasteiger partial charge in [0.25, 0.3) is 0 Å². The van der Waals surface area contributed by atoms with Crippen LogP contribution in [-0.4, -0.2) is 0 Å². The molecule has 1 heteroatoms. The summed E-state index contributed by atoms with van der Waals surface area (Å²) in [7, 11) is 0. The number of rotatable bonds is 5. The lowest BCUT2D eigenvalue weighted by Gasteiger charge is -2.34. The number of hydrogen-bond donors (Lipinski definition) is 0. The van der Waals surface area contributed by atoms with Crippen LogP contribution in [0.5, 0.6) is 0 Å². The van der Waals surface area contributed by atoms with Crippen LogP contribution in [0.15, 0.2) is 194 Å². The van der Waals surface area contributed by atoms with Gasteiger partial charge in [-0.3, -0.25) is 0 Å². The van der Waals surface area contributed by atoms with E-state index in [1.807, 2.05) is 11.3 Å². The van der Waals surface area contributed by atoms with Crippen LogP contribution < -0.4 is 0 Å². The van der Waals surface area contributed by atoms with Crippen molar-refractivity contribution in [3.05, 3.63) is 216 Å². The third-order valence-electron chi connectivity index (χ3n) is 10.6. The summed E-state index contributed by atoms with van der Waals surface area (Å²) in [5.41, 5.74) is 15.0. The zero-order chi connectivity index (χ0) is 33.1. The van der Waals surface area contributed by atoms with Crippen LogP contribution >= 0.6 is 11.3 Å². The highest BCUT2D eigenvalue weighted by Crippen LogP contribution is 2.56. The van der Waals surface area contributed by atoms with E-state index in [-0.39, 0.29) is 0 Å². The highest BCUT2D eigenvalue weighted by Gasteiger charge is 2.45. The van der Waals surface area contributed by atoms with Gasteiger partial charge in [0.2, 0.25) is 0 Å². The van der Waals surface area contributed by atoms with Crippen LogP contribution in [-0.2, 0) is 5.41 Å². The van der Waals surface area contributed by atoms with Gasteiger partial charge in [0.05, 0.1) is 5.41 Å². The molecule has 0 N–H and O–H groups in total. The third-order valence-corrected chi connectivity index (χ3v) is 11.9. The largest absolute Gasteiger partial charge is 0.134 e. The van der Waals surface area contributed by atoms with Crippen molar-refractivity contribution in [2.24, 2.45) is 0 Å². The Morgan fingerprint density at radius 2 is 0.740 bits per heavy atom. The summed E-state index contributed by atoms with van der Waals surface area (Å²) in [6.07, 6.45) is 0. The second-order valence-corrected chi connectivity index (χ2v) is 14.2. The molecule has 1 aliphatic rings. The zero-order valence-corrected chi connectivity index (χ0v) is 28.2. The molecule has 1 aliphatic carbocycles. The van der Waals surface area contributed by atoms with E-state index in [1.165, 1.54) is 86.9 Å². The fraction of sp³-hybridized carbons (Fsp3) is 0.0204. The molecular weight excluding hydrogens is 621 g/mol. The minimum atomic E-state index is -0.421. The number of thiophene rings is 1. The molecule has 1 aromatic heterocycles. The topological polar surface area (TPSA) is 0 Å². The first-order valence-corrected chi connectivity index (χ1v) is 18.1. The Kier molecular flexibility index (Phi) is 6.69. The highest BCUT2D eigenvalue weighted by molar-refractivity contribution is 7.26. The van der Waals surface area contributed by atoms with Crippen molar-refractivity contribution < 1.29 is 0 Å². The van der Waals surface area contributed by atoms with Crippen LogP contribution in [0.1, 0.15) is 22.3 Å². The van der Waals surface area contributed by atoms with E-state index in [0.717, 1.165) is 0 Å². The van der Waals surface area contributed by atoms with Gasteiger partial charge in [-0.2, -0.15) is 0 Å². The molecule has 10 rings (SSSR count). The van der Waals surface area contributed by atoms with Crippen molar-refractivity contribution in [2.45, 2.75) is 5.41 Å². The number of benzene rings is 8.